The second-order valence-electron chi connectivity index (χ2n) is 6.48. The molecule has 3 aromatic rings. The zero-order valence-electron chi connectivity index (χ0n) is 16.9. The van der Waals surface area contributed by atoms with Gasteiger partial charge in [0, 0.05) is 36.4 Å². The Morgan fingerprint density at radius 1 is 1.23 bits per heavy atom. The maximum absolute atomic E-state index is 12.9. The molecule has 0 aliphatic carbocycles. The normalized spacial score (nSPS) is 10.3. The number of nitriles is 1. The molecule has 2 heterocycles. The van der Waals surface area contributed by atoms with Gasteiger partial charge in [-0.25, -0.2) is 4.98 Å². The summed E-state index contributed by atoms with van der Waals surface area (Å²) in [5.41, 5.74) is 2.52. The van der Waals surface area contributed by atoms with Gasteiger partial charge in [0.15, 0.2) is 11.5 Å². The third kappa shape index (κ3) is 5.33. The molecule has 1 aromatic carbocycles. The lowest BCUT2D eigenvalue weighted by atomic mass is 10.2. The summed E-state index contributed by atoms with van der Waals surface area (Å²) < 4.78 is 10.6. The van der Waals surface area contributed by atoms with Crippen molar-refractivity contribution in [2.24, 2.45) is 0 Å². The van der Waals surface area contributed by atoms with Crippen LogP contribution in [0.25, 0.3) is 10.6 Å². The minimum atomic E-state index is -0.0711. The third-order valence-electron chi connectivity index (χ3n) is 4.46. The first-order chi connectivity index (χ1) is 14.6. The van der Waals surface area contributed by atoms with Crippen LogP contribution >= 0.6 is 11.3 Å². The molecule has 0 fully saturated rings. The number of thiazole rings is 1. The van der Waals surface area contributed by atoms with Gasteiger partial charge in [-0.3, -0.25) is 9.78 Å². The van der Waals surface area contributed by atoms with E-state index in [1.54, 1.807) is 31.5 Å². The SMILES string of the molecule is COc1ccc(-c2nc(CC(=O)N(CCC#N)Cc3cccnc3)cs2)cc1OC. The molecule has 1 amide bonds. The fourth-order valence-corrected chi connectivity index (χ4v) is 3.76. The number of hydrogen-bond acceptors (Lipinski definition) is 7. The van der Waals surface area contributed by atoms with Crippen LogP contribution in [0.5, 0.6) is 11.5 Å². The van der Waals surface area contributed by atoms with Gasteiger partial charge in [-0.1, -0.05) is 6.07 Å². The average Bonchev–Trinajstić information content (AvgIpc) is 3.25. The predicted octanol–water partition coefficient (Wildman–Crippen LogP) is 3.71. The van der Waals surface area contributed by atoms with Crippen molar-refractivity contribution in [3.8, 4) is 28.1 Å². The second kappa shape index (κ2) is 10.4. The Balaban J connectivity index is 1.73. The van der Waals surface area contributed by atoms with Gasteiger partial charge in [-0.15, -0.1) is 11.3 Å². The molecule has 0 bridgehead atoms. The molecule has 0 radical (unpaired) electrons. The van der Waals surface area contributed by atoms with Crippen molar-refractivity contribution in [1.82, 2.24) is 14.9 Å². The number of carbonyl (C=O) groups excluding carboxylic acids is 1. The zero-order chi connectivity index (χ0) is 21.3. The molecular weight excluding hydrogens is 400 g/mol. The number of carbonyl (C=O) groups is 1. The molecule has 8 heteroatoms. The van der Waals surface area contributed by atoms with Crippen LogP contribution in [0.4, 0.5) is 0 Å². The molecule has 0 aliphatic heterocycles. The van der Waals surface area contributed by atoms with Crippen LogP contribution in [-0.4, -0.2) is 41.5 Å². The van der Waals surface area contributed by atoms with Crippen molar-refractivity contribution in [2.45, 2.75) is 19.4 Å². The Hall–Kier alpha value is -3.44. The summed E-state index contributed by atoms with van der Waals surface area (Å²) >= 11 is 1.47. The van der Waals surface area contributed by atoms with E-state index in [4.69, 9.17) is 14.7 Å². The van der Waals surface area contributed by atoms with E-state index >= 15 is 0 Å². The predicted molar refractivity (Wildman–Crippen MR) is 114 cm³/mol. The van der Waals surface area contributed by atoms with Crippen LogP contribution in [0.2, 0.25) is 0 Å². The van der Waals surface area contributed by atoms with E-state index in [0.29, 0.717) is 30.3 Å². The van der Waals surface area contributed by atoms with Crippen LogP contribution in [-0.2, 0) is 17.8 Å². The fourth-order valence-electron chi connectivity index (χ4n) is 2.95. The number of hydrogen-bond donors (Lipinski definition) is 0. The van der Waals surface area contributed by atoms with E-state index in [9.17, 15) is 4.79 Å². The van der Waals surface area contributed by atoms with Gasteiger partial charge in [-0.2, -0.15) is 5.26 Å². The average molecular weight is 423 g/mol. The second-order valence-corrected chi connectivity index (χ2v) is 7.33. The van der Waals surface area contributed by atoms with Crippen LogP contribution in [0.15, 0.2) is 48.1 Å². The molecule has 2 aromatic heterocycles. The smallest absolute Gasteiger partial charge is 0.228 e. The van der Waals surface area contributed by atoms with Crippen LogP contribution in [0.3, 0.4) is 0 Å². The molecule has 0 spiro atoms. The third-order valence-corrected chi connectivity index (χ3v) is 5.40. The molecule has 0 saturated heterocycles. The van der Waals surface area contributed by atoms with Gasteiger partial charge < -0.3 is 14.4 Å². The molecule has 0 aliphatic rings. The van der Waals surface area contributed by atoms with Gasteiger partial charge >= 0.3 is 0 Å². The Labute approximate surface area is 179 Å². The van der Waals surface area contributed by atoms with Gasteiger partial charge in [0.2, 0.25) is 5.91 Å². The highest BCUT2D eigenvalue weighted by molar-refractivity contribution is 7.13. The van der Waals surface area contributed by atoms with Crippen molar-refractivity contribution >= 4 is 17.2 Å². The fraction of sp³-hybridized carbons (Fsp3) is 0.273. The zero-order valence-corrected chi connectivity index (χ0v) is 17.7. The molecule has 154 valence electrons. The first-order valence-electron chi connectivity index (χ1n) is 9.35. The number of methoxy groups -OCH3 is 2. The number of pyridine rings is 1. The van der Waals surface area contributed by atoms with E-state index in [1.165, 1.54) is 11.3 Å². The lowest BCUT2D eigenvalue weighted by Crippen LogP contribution is -2.32. The van der Waals surface area contributed by atoms with E-state index in [-0.39, 0.29) is 18.7 Å². The number of amides is 1. The molecule has 0 unspecified atom stereocenters. The molecular formula is C22H22N4O3S. The van der Waals surface area contributed by atoms with E-state index in [2.05, 4.69) is 16.0 Å². The summed E-state index contributed by atoms with van der Waals surface area (Å²) in [5, 5.41) is 11.6. The largest absolute Gasteiger partial charge is 0.493 e. The van der Waals surface area contributed by atoms with E-state index in [0.717, 1.165) is 16.1 Å². The molecule has 7 nitrogen and oxygen atoms in total. The standard InChI is InChI=1S/C22H22N4O3S/c1-28-19-7-6-17(11-20(19)29-2)22-25-18(15-30-22)12-21(27)26(10-4-8-23)14-16-5-3-9-24-13-16/h3,5-7,9,11,13,15H,4,10,12,14H2,1-2H3. The van der Waals surface area contributed by atoms with Crippen LogP contribution in [0.1, 0.15) is 17.7 Å². The highest BCUT2D eigenvalue weighted by Gasteiger charge is 2.17. The van der Waals surface area contributed by atoms with Crippen LogP contribution in [0, 0.1) is 11.3 Å². The van der Waals surface area contributed by atoms with E-state index in [1.807, 2.05) is 35.7 Å². The minimum absolute atomic E-state index is 0.0711. The summed E-state index contributed by atoms with van der Waals surface area (Å²) in [7, 11) is 3.18. The molecule has 0 atom stereocenters. The van der Waals surface area contributed by atoms with Crippen molar-refractivity contribution in [3.63, 3.8) is 0 Å². The Morgan fingerprint density at radius 3 is 2.77 bits per heavy atom. The van der Waals surface area contributed by atoms with Crippen molar-refractivity contribution < 1.29 is 14.3 Å². The van der Waals surface area contributed by atoms with Crippen LogP contribution < -0.4 is 9.47 Å². The highest BCUT2D eigenvalue weighted by atomic mass is 32.1. The first-order valence-corrected chi connectivity index (χ1v) is 10.2. The first kappa shape index (κ1) is 21.3. The monoisotopic (exact) mass is 422 g/mol. The summed E-state index contributed by atoms with van der Waals surface area (Å²) in [4.78, 5) is 23.3. The van der Waals surface area contributed by atoms with E-state index < -0.39 is 0 Å². The van der Waals surface area contributed by atoms with Gasteiger partial charge in [0.25, 0.3) is 0 Å². The lowest BCUT2D eigenvalue weighted by molar-refractivity contribution is -0.131. The highest BCUT2D eigenvalue weighted by Crippen LogP contribution is 2.33. The topological polar surface area (TPSA) is 88.3 Å². The van der Waals surface area contributed by atoms with Crippen molar-refractivity contribution in [3.05, 3.63) is 59.4 Å². The van der Waals surface area contributed by atoms with Gasteiger partial charge in [0.1, 0.15) is 5.01 Å². The summed E-state index contributed by atoms with van der Waals surface area (Å²) in [6.07, 6.45) is 3.87. The lowest BCUT2D eigenvalue weighted by Gasteiger charge is -2.21. The maximum atomic E-state index is 12.9. The number of nitrogens with zero attached hydrogens (tertiary/aromatic N) is 4. The Bertz CT molecular complexity index is 1030. The number of ether oxygens (including phenoxy) is 2. The van der Waals surface area contributed by atoms with Crippen molar-refractivity contribution in [1.29, 1.82) is 5.26 Å². The minimum Gasteiger partial charge on any atom is -0.493 e. The molecule has 0 N–H and O–H groups in total. The molecule has 30 heavy (non-hydrogen) atoms. The quantitative estimate of drug-likeness (QED) is 0.522. The summed E-state index contributed by atoms with van der Waals surface area (Å²) in [5.74, 6) is 1.21. The summed E-state index contributed by atoms with van der Waals surface area (Å²) in [6, 6.07) is 11.5. The Kier molecular flexibility index (Phi) is 7.35. The summed E-state index contributed by atoms with van der Waals surface area (Å²) in [6.45, 7) is 0.790. The van der Waals surface area contributed by atoms with Gasteiger partial charge in [-0.05, 0) is 29.8 Å². The molecule has 0 saturated carbocycles. The van der Waals surface area contributed by atoms with Gasteiger partial charge in [0.05, 0.1) is 38.8 Å². The van der Waals surface area contributed by atoms with Crippen molar-refractivity contribution in [2.75, 3.05) is 20.8 Å². The molecule has 3 rings (SSSR count). The maximum Gasteiger partial charge on any atom is 0.228 e. The Morgan fingerprint density at radius 2 is 2.07 bits per heavy atom. The number of aromatic nitrogens is 2. The number of rotatable bonds is 9. The number of benzene rings is 1.